The molecule has 1 saturated heterocycles. The van der Waals surface area contributed by atoms with Crippen molar-refractivity contribution in [2.75, 3.05) is 12.3 Å². The number of nitrogens with one attached hydrogen (secondary N) is 1. The molecule has 2 heterocycles. The number of rotatable bonds is 4. The van der Waals surface area contributed by atoms with Gasteiger partial charge < -0.3 is 5.32 Å². The zero-order chi connectivity index (χ0) is 11.2. The van der Waals surface area contributed by atoms with Crippen LogP contribution in [0.15, 0.2) is 24.5 Å². The molecule has 1 aliphatic rings. The standard InChI is InChI=1S/C12H18N2OS/c15-16(9-11-4-3-6-13-8-11)10-12-5-1-2-7-14-12/h3-4,6,8,12,14H,1-2,5,7,9-10H2/t12-,16-/m1/s1. The van der Waals surface area contributed by atoms with Gasteiger partial charge in [-0.3, -0.25) is 9.19 Å². The molecule has 0 spiro atoms. The molecule has 1 fully saturated rings. The van der Waals surface area contributed by atoms with Crippen LogP contribution in [0.2, 0.25) is 0 Å². The topological polar surface area (TPSA) is 42.0 Å². The van der Waals surface area contributed by atoms with Crippen LogP contribution in [0.5, 0.6) is 0 Å². The summed E-state index contributed by atoms with van der Waals surface area (Å²) in [5.74, 6) is 1.40. The van der Waals surface area contributed by atoms with Crippen LogP contribution in [0.25, 0.3) is 0 Å². The molecule has 16 heavy (non-hydrogen) atoms. The van der Waals surface area contributed by atoms with E-state index in [1.165, 1.54) is 19.3 Å². The molecule has 1 N–H and O–H groups in total. The minimum absolute atomic E-state index is 0.450. The molecule has 0 unspecified atom stereocenters. The third kappa shape index (κ3) is 3.68. The van der Waals surface area contributed by atoms with Gasteiger partial charge in [0, 0.05) is 35.0 Å². The number of pyridine rings is 1. The van der Waals surface area contributed by atoms with E-state index in [-0.39, 0.29) is 0 Å². The molecule has 0 aromatic carbocycles. The lowest BCUT2D eigenvalue weighted by Gasteiger charge is -2.22. The largest absolute Gasteiger partial charge is 0.313 e. The second-order valence-electron chi connectivity index (χ2n) is 4.26. The molecular weight excluding hydrogens is 220 g/mol. The van der Waals surface area contributed by atoms with Crippen LogP contribution in [-0.2, 0) is 16.6 Å². The molecule has 1 aromatic rings. The van der Waals surface area contributed by atoms with Gasteiger partial charge in [-0.1, -0.05) is 12.5 Å². The van der Waals surface area contributed by atoms with E-state index in [1.54, 1.807) is 12.4 Å². The minimum Gasteiger partial charge on any atom is -0.313 e. The third-order valence-corrected chi connectivity index (χ3v) is 4.28. The maximum atomic E-state index is 11.9. The summed E-state index contributed by atoms with van der Waals surface area (Å²) in [4.78, 5) is 4.03. The van der Waals surface area contributed by atoms with Crippen LogP contribution in [-0.4, -0.2) is 27.5 Å². The van der Waals surface area contributed by atoms with E-state index in [0.29, 0.717) is 11.8 Å². The van der Waals surface area contributed by atoms with E-state index in [1.807, 2.05) is 12.1 Å². The molecule has 1 aliphatic heterocycles. The van der Waals surface area contributed by atoms with Crippen molar-refractivity contribution < 1.29 is 4.21 Å². The molecule has 0 radical (unpaired) electrons. The summed E-state index contributed by atoms with van der Waals surface area (Å²) in [7, 11) is -0.771. The third-order valence-electron chi connectivity index (χ3n) is 2.85. The Balaban J connectivity index is 1.80. The average Bonchev–Trinajstić information content (AvgIpc) is 2.31. The van der Waals surface area contributed by atoms with E-state index in [0.717, 1.165) is 17.9 Å². The van der Waals surface area contributed by atoms with E-state index in [9.17, 15) is 4.21 Å². The first-order valence-electron chi connectivity index (χ1n) is 5.82. The van der Waals surface area contributed by atoms with E-state index in [2.05, 4.69) is 10.3 Å². The highest BCUT2D eigenvalue weighted by Crippen LogP contribution is 2.10. The van der Waals surface area contributed by atoms with Crippen LogP contribution < -0.4 is 5.32 Å². The summed E-state index contributed by atoms with van der Waals surface area (Å²) in [6, 6.07) is 4.33. The van der Waals surface area contributed by atoms with Gasteiger partial charge in [0.05, 0.1) is 5.75 Å². The first kappa shape index (κ1) is 11.7. The minimum atomic E-state index is -0.771. The van der Waals surface area contributed by atoms with Crippen molar-refractivity contribution in [3.8, 4) is 0 Å². The molecule has 1 aromatic heterocycles. The molecule has 0 bridgehead atoms. The zero-order valence-corrected chi connectivity index (χ0v) is 10.2. The van der Waals surface area contributed by atoms with Crippen molar-refractivity contribution in [3.05, 3.63) is 30.1 Å². The SMILES string of the molecule is O=[S@](Cc1cccnc1)C[C@H]1CCCCN1. The van der Waals surface area contributed by atoms with Crippen LogP contribution in [0.4, 0.5) is 0 Å². The molecule has 3 nitrogen and oxygen atoms in total. The summed E-state index contributed by atoms with van der Waals surface area (Å²) >= 11 is 0. The lowest BCUT2D eigenvalue weighted by Crippen LogP contribution is -2.38. The lowest BCUT2D eigenvalue weighted by molar-refractivity contribution is 0.427. The average molecular weight is 238 g/mol. The number of hydrogen-bond acceptors (Lipinski definition) is 3. The number of aromatic nitrogens is 1. The van der Waals surface area contributed by atoms with Crippen molar-refractivity contribution >= 4 is 10.8 Å². The maximum absolute atomic E-state index is 11.9. The summed E-state index contributed by atoms with van der Waals surface area (Å²) in [5.41, 5.74) is 1.07. The molecule has 88 valence electrons. The lowest BCUT2D eigenvalue weighted by atomic mass is 10.1. The zero-order valence-electron chi connectivity index (χ0n) is 9.39. The van der Waals surface area contributed by atoms with Crippen LogP contribution >= 0.6 is 0 Å². The summed E-state index contributed by atoms with van der Waals surface area (Å²) in [6.45, 7) is 1.08. The molecule has 0 saturated carbocycles. The first-order chi connectivity index (χ1) is 7.84. The van der Waals surface area contributed by atoms with Crippen molar-refractivity contribution in [3.63, 3.8) is 0 Å². The van der Waals surface area contributed by atoms with E-state index in [4.69, 9.17) is 0 Å². The monoisotopic (exact) mass is 238 g/mol. The van der Waals surface area contributed by atoms with E-state index >= 15 is 0 Å². The van der Waals surface area contributed by atoms with Crippen LogP contribution in [0, 0.1) is 0 Å². The fraction of sp³-hybridized carbons (Fsp3) is 0.583. The Kier molecular flexibility index (Phi) is 4.48. The van der Waals surface area contributed by atoms with Crippen molar-refractivity contribution in [1.82, 2.24) is 10.3 Å². The summed E-state index contributed by atoms with van der Waals surface area (Å²) in [6.07, 6.45) is 7.23. The van der Waals surface area contributed by atoms with E-state index < -0.39 is 10.8 Å². The second-order valence-corrected chi connectivity index (χ2v) is 5.76. The van der Waals surface area contributed by atoms with Gasteiger partial charge in [-0.05, 0) is 31.0 Å². The predicted molar refractivity (Wildman–Crippen MR) is 66.6 cm³/mol. The van der Waals surface area contributed by atoms with Gasteiger partial charge in [0.1, 0.15) is 0 Å². The smallest absolute Gasteiger partial charge is 0.0501 e. The molecule has 0 aliphatic carbocycles. The Bertz CT molecular complexity index is 336. The molecule has 0 amide bonds. The van der Waals surface area contributed by atoms with Gasteiger partial charge in [-0.15, -0.1) is 0 Å². The fourth-order valence-corrected chi connectivity index (χ4v) is 3.41. The molecule has 2 rings (SSSR count). The van der Waals surface area contributed by atoms with Crippen molar-refractivity contribution in [2.24, 2.45) is 0 Å². The Hall–Kier alpha value is -0.740. The Labute approximate surface area is 99.1 Å². The molecule has 2 atom stereocenters. The molecular formula is C12H18N2OS. The van der Waals surface area contributed by atoms with Gasteiger partial charge in [-0.2, -0.15) is 0 Å². The van der Waals surface area contributed by atoms with Crippen molar-refractivity contribution in [2.45, 2.75) is 31.1 Å². The van der Waals surface area contributed by atoms with Gasteiger partial charge >= 0.3 is 0 Å². The maximum Gasteiger partial charge on any atom is 0.0501 e. The predicted octanol–water partition coefficient (Wildman–Crippen LogP) is 1.47. The van der Waals surface area contributed by atoms with Crippen LogP contribution in [0.3, 0.4) is 0 Å². The highest BCUT2D eigenvalue weighted by atomic mass is 32.2. The highest BCUT2D eigenvalue weighted by molar-refractivity contribution is 7.84. The summed E-state index contributed by atoms with van der Waals surface area (Å²) < 4.78 is 11.9. The van der Waals surface area contributed by atoms with Crippen LogP contribution in [0.1, 0.15) is 24.8 Å². The molecule has 4 heteroatoms. The Morgan fingerprint density at radius 3 is 3.12 bits per heavy atom. The Morgan fingerprint density at radius 2 is 2.44 bits per heavy atom. The summed E-state index contributed by atoms with van der Waals surface area (Å²) in [5, 5.41) is 3.43. The van der Waals surface area contributed by atoms with Gasteiger partial charge in [-0.25, -0.2) is 0 Å². The van der Waals surface area contributed by atoms with Gasteiger partial charge in [0.2, 0.25) is 0 Å². The second kappa shape index (κ2) is 6.11. The number of nitrogens with zero attached hydrogens (tertiary/aromatic N) is 1. The number of hydrogen-bond donors (Lipinski definition) is 1. The highest BCUT2D eigenvalue weighted by Gasteiger charge is 2.15. The first-order valence-corrected chi connectivity index (χ1v) is 7.30. The fourth-order valence-electron chi connectivity index (χ4n) is 2.02. The van der Waals surface area contributed by atoms with Gasteiger partial charge in [0.25, 0.3) is 0 Å². The normalized spacial score (nSPS) is 22.9. The number of piperidine rings is 1. The van der Waals surface area contributed by atoms with Gasteiger partial charge in [0.15, 0.2) is 0 Å². The van der Waals surface area contributed by atoms with Crippen molar-refractivity contribution in [1.29, 1.82) is 0 Å². The quantitative estimate of drug-likeness (QED) is 0.864. The Morgan fingerprint density at radius 1 is 1.50 bits per heavy atom.